The highest BCUT2D eigenvalue weighted by molar-refractivity contribution is 5.88. The van der Waals surface area contributed by atoms with Gasteiger partial charge in [-0.3, -0.25) is 4.79 Å². The summed E-state index contributed by atoms with van der Waals surface area (Å²) in [6.45, 7) is 0.153. The molecule has 0 bridgehead atoms. The smallest absolute Gasteiger partial charge is 0.407 e. The monoisotopic (exact) mass is 452 g/mol. The topological polar surface area (TPSA) is 114 Å². The highest BCUT2D eigenvalue weighted by Gasteiger charge is 2.45. The summed E-state index contributed by atoms with van der Waals surface area (Å²) in [5, 5.41) is 14.5. The van der Waals surface area contributed by atoms with Crippen molar-refractivity contribution in [1.82, 2.24) is 10.6 Å². The zero-order valence-corrected chi connectivity index (χ0v) is 18.5. The zero-order valence-electron chi connectivity index (χ0n) is 18.5. The first-order valence-corrected chi connectivity index (χ1v) is 11.1. The van der Waals surface area contributed by atoms with Crippen molar-refractivity contribution in [2.75, 3.05) is 26.9 Å². The van der Waals surface area contributed by atoms with Gasteiger partial charge in [-0.1, -0.05) is 55.0 Å². The van der Waals surface area contributed by atoms with Gasteiger partial charge in [0.1, 0.15) is 6.61 Å². The summed E-state index contributed by atoms with van der Waals surface area (Å²) in [5.74, 6) is -1.60. The molecule has 3 N–H and O–H groups in total. The Balaban J connectivity index is 1.35. The number of aliphatic carboxylic acids is 1. The molecule has 2 aromatic rings. The van der Waals surface area contributed by atoms with Gasteiger partial charge in [0.25, 0.3) is 0 Å². The maximum atomic E-state index is 12.8. The van der Waals surface area contributed by atoms with Gasteiger partial charge in [0.2, 0.25) is 5.91 Å². The number of hydrogen-bond acceptors (Lipinski definition) is 5. The van der Waals surface area contributed by atoms with Gasteiger partial charge in [-0.05, 0) is 35.1 Å². The van der Waals surface area contributed by atoms with E-state index in [-0.39, 0.29) is 25.7 Å². The van der Waals surface area contributed by atoms with Crippen LogP contribution in [0.2, 0.25) is 0 Å². The second-order valence-electron chi connectivity index (χ2n) is 8.63. The number of carbonyl (C=O) groups is 3. The molecular formula is C25H28N2O6. The van der Waals surface area contributed by atoms with E-state index in [2.05, 4.69) is 22.8 Å². The minimum absolute atomic E-state index is 0.0468. The number of carboxylic acids is 1. The third kappa shape index (κ3) is 4.57. The lowest BCUT2D eigenvalue weighted by Gasteiger charge is -2.40. The average molecular weight is 453 g/mol. The van der Waals surface area contributed by atoms with Crippen LogP contribution in [0.5, 0.6) is 0 Å². The molecule has 2 aliphatic rings. The fourth-order valence-electron chi connectivity index (χ4n) is 4.63. The normalized spacial score (nSPS) is 16.6. The fraction of sp³-hybridized carbons (Fsp3) is 0.400. The van der Waals surface area contributed by atoms with Gasteiger partial charge in [-0.15, -0.1) is 0 Å². The second kappa shape index (κ2) is 9.62. The number of ether oxygens (including phenoxy) is 2. The van der Waals surface area contributed by atoms with Gasteiger partial charge < -0.3 is 25.2 Å². The molecule has 0 spiro atoms. The summed E-state index contributed by atoms with van der Waals surface area (Å²) in [6, 6.07) is 15.1. The zero-order chi connectivity index (χ0) is 23.4. The molecule has 1 atom stereocenters. The largest absolute Gasteiger partial charge is 0.480 e. The Morgan fingerprint density at radius 3 is 2.18 bits per heavy atom. The Morgan fingerprint density at radius 1 is 1.06 bits per heavy atom. The molecule has 2 aliphatic carbocycles. The predicted octanol–water partition coefficient (Wildman–Crippen LogP) is 2.91. The number of alkyl carbamates (subject to hydrolysis) is 1. The van der Waals surface area contributed by atoms with E-state index in [1.807, 2.05) is 36.4 Å². The summed E-state index contributed by atoms with van der Waals surface area (Å²) >= 11 is 0. The number of hydrogen-bond donors (Lipinski definition) is 3. The van der Waals surface area contributed by atoms with E-state index in [4.69, 9.17) is 9.47 Å². The SMILES string of the molecule is COC[C@H](NC(=O)C1(CNC(=O)OCC2c3ccccc3-c3ccccc32)CCC1)C(=O)O. The first-order valence-electron chi connectivity index (χ1n) is 11.1. The van der Waals surface area contributed by atoms with Gasteiger partial charge in [0.05, 0.1) is 12.0 Å². The number of benzene rings is 2. The molecule has 0 saturated heterocycles. The number of rotatable bonds is 9. The standard InChI is InChI=1S/C25H28N2O6/c1-32-14-21(22(28)29)27-23(30)25(11-6-12-25)15-26-24(31)33-13-20-18-9-4-2-7-16(18)17-8-3-5-10-19(17)20/h2-5,7-10,20-21H,6,11-15H2,1H3,(H,26,31)(H,27,30)(H,28,29)/t21-/m0/s1. The highest BCUT2D eigenvalue weighted by atomic mass is 16.5. The first kappa shape index (κ1) is 22.8. The van der Waals surface area contributed by atoms with E-state index >= 15 is 0 Å². The summed E-state index contributed by atoms with van der Waals surface area (Å²) in [4.78, 5) is 36.6. The van der Waals surface area contributed by atoms with E-state index < -0.39 is 29.4 Å². The quantitative estimate of drug-likeness (QED) is 0.539. The van der Waals surface area contributed by atoms with Crippen LogP contribution in [0, 0.1) is 5.41 Å². The lowest BCUT2D eigenvalue weighted by atomic mass is 9.68. The summed E-state index contributed by atoms with van der Waals surface area (Å²) in [5.41, 5.74) is 3.72. The molecule has 2 aromatic carbocycles. The lowest BCUT2D eigenvalue weighted by Crippen LogP contribution is -2.56. The second-order valence-corrected chi connectivity index (χ2v) is 8.63. The van der Waals surface area contributed by atoms with Gasteiger partial charge in [0.15, 0.2) is 6.04 Å². The number of carbonyl (C=O) groups excluding carboxylic acids is 2. The Hall–Kier alpha value is -3.39. The summed E-state index contributed by atoms with van der Waals surface area (Å²) in [7, 11) is 1.37. The molecule has 8 heteroatoms. The summed E-state index contributed by atoms with van der Waals surface area (Å²) < 4.78 is 10.4. The van der Waals surface area contributed by atoms with Crippen LogP contribution in [-0.2, 0) is 19.1 Å². The molecule has 33 heavy (non-hydrogen) atoms. The molecule has 1 fully saturated rings. The van der Waals surface area contributed by atoms with Crippen LogP contribution in [0.4, 0.5) is 4.79 Å². The van der Waals surface area contributed by atoms with E-state index in [0.717, 1.165) is 28.7 Å². The Labute approximate surface area is 192 Å². The number of methoxy groups -OCH3 is 1. The van der Waals surface area contributed by atoms with Crippen molar-refractivity contribution in [3.63, 3.8) is 0 Å². The Bertz CT molecular complexity index is 1000. The molecule has 0 heterocycles. The van der Waals surface area contributed by atoms with Crippen LogP contribution in [0.1, 0.15) is 36.3 Å². The molecule has 4 rings (SSSR count). The van der Waals surface area contributed by atoms with E-state index in [1.54, 1.807) is 0 Å². The summed E-state index contributed by atoms with van der Waals surface area (Å²) in [6.07, 6.45) is 1.38. The maximum absolute atomic E-state index is 12.8. The molecular weight excluding hydrogens is 424 g/mol. The van der Waals surface area contributed by atoms with Crippen molar-refractivity contribution in [1.29, 1.82) is 0 Å². The van der Waals surface area contributed by atoms with Crippen molar-refractivity contribution in [3.05, 3.63) is 59.7 Å². The molecule has 0 radical (unpaired) electrons. The molecule has 8 nitrogen and oxygen atoms in total. The minimum Gasteiger partial charge on any atom is -0.480 e. The molecule has 174 valence electrons. The first-order chi connectivity index (χ1) is 15.9. The van der Waals surface area contributed by atoms with Gasteiger partial charge in [0, 0.05) is 19.6 Å². The number of amides is 2. The number of carboxylic acid groups (broad SMARTS) is 1. The van der Waals surface area contributed by atoms with Crippen LogP contribution in [-0.4, -0.2) is 56.0 Å². The van der Waals surface area contributed by atoms with Crippen LogP contribution in [0.25, 0.3) is 11.1 Å². The van der Waals surface area contributed by atoms with Crippen molar-refractivity contribution in [2.45, 2.75) is 31.2 Å². The third-order valence-corrected chi connectivity index (χ3v) is 6.64. The average Bonchev–Trinajstić information content (AvgIpc) is 3.10. The molecule has 1 saturated carbocycles. The lowest BCUT2D eigenvalue weighted by molar-refractivity contribution is -0.147. The van der Waals surface area contributed by atoms with Gasteiger partial charge in [-0.25, -0.2) is 9.59 Å². The Kier molecular flexibility index (Phi) is 6.65. The predicted molar refractivity (Wildman–Crippen MR) is 121 cm³/mol. The van der Waals surface area contributed by atoms with Gasteiger partial charge >= 0.3 is 12.1 Å². The van der Waals surface area contributed by atoms with Gasteiger partial charge in [-0.2, -0.15) is 0 Å². The highest BCUT2D eigenvalue weighted by Crippen LogP contribution is 2.44. The number of nitrogens with one attached hydrogen (secondary N) is 2. The molecule has 0 unspecified atom stereocenters. The van der Waals surface area contributed by atoms with E-state index in [0.29, 0.717) is 12.8 Å². The van der Waals surface area contributed by atoms with Crippen molar-refractivity contribution in [2.24, 2.45) is 5.41 Å². The fourth-order valence-corrected chi connectivity index (χ4v) is 4.63. The minimum atomic E-state index is -1.16. The van der Waals surface area contributed by atoms with Crippen LogP contribution in [0.15, 0.2) is 48.5 Å². The van der Waals surface area contributed by atoms with Crippen molar-refractivity contribution < 1.29 is 29.0 Å². The Morgan fingerprint density at radius 2 is 1.67 bits per heavy atom. The van der Waals surface area contributed by atoms with Crippen molar-refractivity contribution >= 4 is 18.0 Å². The molecule has 2 amide bonds. The maximum Gasteiger partial charge on any atom is 0.407 e. The van der Waals surface area contributed by atoms with E-state index in [1.165, 1.54) is 7.11 Å². The molecule has 0 aromatic heterocycles. The van der Waals surface area contributed by atoms with Crippen LogP contribution >= 0.6 is 0 Å². The van der Waals surface area contributed by atoms with Crippen LogP contribution < -0.4 is 10.6 Å². The van der Waals surface area contributed by atoms with Crippen molar-refractivity contribution in [3.8, 4) is 11.1 Å². The van der Waals surface area contributed by atoms with E-state index in [9.17, 15) is 19.5 Å². The third-order valence-electron chi connectivity index (χ3n) is 6.64. The van der Waals surface area contributed by atoms with Crippen LogP contribution in [0.3, 0.4) is 0 Å². The number of fused-ring (bicyclic) bond motifs is 3. The molecule has 0 aliphatic heterocycles.